The number of methoxy groups -OCH3 is 2. The lowest BCUT2D eigenvalue weighted by Crippen LogP contribution is -2.40. The molecule has 1 aromatic carbocycles. The highest BCUT2D eigenvalue weighted by Gasteiger charge is 2.09. The molecule has 1 aromatic rings. The van der Waals surface area contributed by atoms with Gasteiger partial charge in [0.2, 0.25) is 0 Å². The number of hydrogen-bond donors (Lipinski definition) is 1. The number of ether oxygens (including phenoxy) is 3. The van der Waals surface area contributed by atoms with Gasteiger partial charge in [0.05, 0.1) is 27.4 Å². The van der Waals surface area contributed by atoms with Crippen LogP contribution in [0.25, 0.3) is 0 Å². The first-order valence-electron chi connectivity index (χ1n) is 7.55. The second-order valence-electron chi connectivity index (χ2n) is 5.14. The Morgan fingerprint density at radius 2 is 1.86 bits per heavy atom. The maximum absolute atomic E-state index is 5.34. The number of nitrogens with zero attached hydrogens (tertiary/aromatic N) is 1. The summed E-state index contributed by atoms with van der Waals surface area (Å²) in [6.45, 7) is 6.93. The second-order valence-corrected chi connectivity index (χ2v) is 5.14. The molecule has 1 fully saturated rings. The van der Waals surface area contributed by atoms with Crippen LogP contribution in [0.15, 0.2) is 18.2 Å². The van der Waals surface area contributed by atoms with Crippen molar-refractivity contribution in [2.24, 2.45) is 0 Å². The van der Waals surface area contributed by atoms with Gasteiger partial charge in [0, 0.05) is 26.2 Å². The molecule has 1 heterocycles. The first-order valence-corrected chi connectivity index (χ1v) is 7.55. The largest absolute Gasteiger partial charge is 0.493 e. The summed E-state index contributed by atoms with van der Waals surface area (Å²) < 4.78 is 15.9. The van der Waals surface area contributed by atoms with Crippen molar-refractivity contribution in [3.05, 3.63) is 23.8 Å². The molecule has 0 unspecified atom stereocenters. The Balaban J connectivity index is 1.66. The highest BCUT2D eigenvalue weighted by atomic mass is 16.5. The Hall–Kier alpha value is -1.30. The fourth-order valence-corrected chi connectivity index (χ4v) is 2.46. The van der Waals surface area contributed by atoms with Gasteiger partial charge in [-0.3, -0.25) is 4.90 Å². The van der Waals surface area contributed by atoms with Gasteiger partial charge in [-0.1, -0.05) is 6.07 Å². The lowest BCUT2D eigenvalue weighted by Gasteiger charge is -2.26. The molecule has 0 radical (unpaired) electrons. The van der Waals surface area contributed by atoms with E-state index in [1.807, 2.05) is 12.1 Å². The summed E-state index contributed by atoms with van der Waals surface area (Å²) in [7, 11) is 3.33. The molecule has 2 rings (SSSR count). The molecule has 0 atom stereocenters. The van der Waals surface area contributed by atoms with E-state index in [4.69, 9.17) is 14.2 Å². The van der Waals surface area contributed by atoms with Crippen molar-refractivity contribution in [3.63, 3.8) is 0 Å². The summed E-state index contributed by atoms with van der Waals surface area (Å²) in [6.07, 6.45) is 0.990. The predicted octanol–water partition coefficient (Wildman–Crippen LogP) is 1.17. The maximum atomic E-state index is 5.34. The van der Waals surface area contributed by atoms with Crippen molar-refractivity contribution in [1.82, 2.24) is 10.2 Å². The molecule has 0 spiro atoms. The third kappa shape index (κ3) is 5.19. The van der Waals surface area contributed by atoms with Crippen LogP contribution >= 0.6 is 0 Å². The topological polar surface area (TPSA) is 43.0 Å². The summed E-state index contributed by atoms with van der Waals surface area (Å²) in [5.41, 5.74) is 1.26. The van der Waals surface area contributed by atoms with E-state index in [9.17, 15) is 0 Å². The van der Waals surface area contributed by atoms with E-state index in [2.05, 4.69) is 16.3 Å². The molecule has 1 N–H and O–H groups in total. The maximum Gasteiger partial charge on any atom is 0.160 e. The molecule has 0 aliphatic carbocycles. The SMILES string of the molecule is COc1ccc(CCNCCN2CCOCC2)cc1OC. The van der Waals surface area contributed by atoms with E-state index in [0.29, 0.717) is 0 Å². The Morgan fingerprint density at radius 1 is 1.10 bits per heavy atom. The van der Waals surface area contributed by atoms with Crippen LogP contribution in [0.5, 0.6) is 11.5 Å². The smallest absolute Gasteiger partial charge is 0.160 e. The van der Waals surface area contributed by atoms with E-state index < -0.39 is 0 Å². The van der Waals surface area contributed by atoms with Gasteiger partial charge in [-0.2, -0.15) is 0 Å². The van der Waals surface area contributed by atoms with Crippen LogP contribution in [0.1, 0.15) is 5.56 Å². The van der Waals surface area contributed by atoms with Crippen LogP contribution in [0.3, 0.4) is 0 Å². The monoisotopic (exact) mass is 294 g/mol. The average molecular weight is 294 g/mol. The Kier molecular flexibility index (Phi) is 6.79. The second kappa shape index (κ2) is 8.87. The molecule has 5 heteroatoms. The molecule has 1 aliphatic rings. The first-order chi connectivity index (χ1) is 10.3. The lowest BCUT2D eigenvalue weighted by atomic mass is 10.1. The minimum Gasteiger partial charge on any atom is -0.493 e. The number of benzene rings is 1. The number of nitrogens with one attached hydrogen (secondary N) is 1. The zero-order chi connectivity index (χ0) is 14.9. The molecular formula is C16H26N2O3. The van der Waals surface area contributed by atoms with Crippen molar-refractivity contribution in [1.29, 1.82) is 0 Å². The van der Waals surface area contributed by atoms with Crippen LogP contribution in [0.2, 0.25) is 0 Å². The van der Waals surface area contributed by atoms with Gasteiger partial charge >= 0.3 is 0 Å². The Bertz CT molecular complexity index is 420. The van der Waals surface area contributed by atoms with Crippen molar-refractivity contribution < 1.29 is 14.2 Å². The van der Waals surface area contributed by atoms with Gasteiger partial charge in [-0.05, 0) is 30.7 Å². The third-order valence-electron chi connectivity index (χ3n) is 3.75. The molecule has 21 heavy (non-hydrogen) atoms. The Labute approximate surface area is 127 Å². The van der Waals surface area contributed by atoms with Gasteiger partial charge in [0.15, 0.2) is 11.5 Å². The molecule has 1 saturated heterocycles. The fourth-order valence-electron chi connectivity index (χ4n) is 2.46. The summed E-state index contributed by atoms with van der Waals surface area (Å²) >= 11 is 0. The molecular weight excluding hydrogens is 268 g/mol. The zero-order valence-electron chi connectivity index (χ0n) is 13.1. The predicted molar refractivity (Wildman–Crippen MR) is 83.4 cm³/mol. The quantitative estimate of drug-likeness (QED) is 0.729. The van der Waals surface area contributed by atoms with E-state index in [1.54, 1.807) is 14.2 Å². The first kappa shape index (κ1) is 16.1. The summed E-state index contributed by atoms with van der Waals surface area (Å²) in [5.74, 6) is 1.57. The van der Waals surface area contributed by atoms with Gasteiger partial charge in [0.1, 0.15) is 0 Å². The van der Waals surface area contributed by atoms with Crippen LogP contribution in [-0.4, -0.2) is 65.1 Å². The molecule has 1 aliphatic heterocycles. The van der Waals surface area contributed by atoms with E-state index >= 15 is 0 Å². The van der Waals surface area contributed by atoms with Gasteiger partial charge in [-0.15, -0.1) is 0 Å². The van der Waals surface area contributed by atoms with E-state index in [-0.39, 0.29) is 0 Å². The van der Waals surface area contributed by atoms with Crippen molar-refractivity contribution in [3.8, 4) is 11.5 Å². The Morgan fingerprint density at radius 3 is 2.57 bits per heavy atom. The van der Waals surface area contributed by atoms with Crippen LogP contribution < -0.4 is 14.8 Å². The normalized spacial score (nSPS) is 15.9. The van der Waals surface area contributed by atoms with Crippen LogP contribution in [0, 0.1) is 0 Å². The van der Waals surface area contributed by atoms with Gasteiger partial charge in [-0.25, -0.2) is 0 Å². The minimum absolute atomic E-state index is 0.779. The molecule has 5 nitrogen and oxygen atoms in total. The third-order valence-corrected chi connectivity index (χ3v) is 3.75. The lowest BCUT2D eigenvalue weighted by molar-refractivity contribution is 0.0385. The standard InChI is InChI=1S/C16H26N2O3/c1-19-15-4-3-14(13-16(15)20-2)5-6-17-7-8-18-9-11-21-12-10-18/h3-4,13,17H,5-12H2,1-2H3. The summed E-state index contributed by atoms with van der Waals surface area (Å²) in [5, 5.41) is 3.49. The van der Waals surface area contributed by atoms with Crippen LogP contribution in [-0.2, 0) is 11.2 Å². The minimum atomic E-state index is 0.779. The fraction of sp³-hybridized carbons (Fsp3) is 0.625. The number of morpholine rings is 1. The van der Waals surface area contributed by atoms with E-state index in [0.717, 1.165) is 63.9 Å². The highest BCUT2D eigenvalue weighted by molar-refractivity contribution is 5.42. The molecule has 0 bridgehead atoms. The van der Waals surface area contributed by atoms with Crippen molar-refractivity contribution >= 4 is 0 Å². The molecule has 0 amide bonds. The number of rotatable bonds is 8. The summed E-state index contributed by atoms with van der Waals surface area (Å²) in [4.78, 5) is 2.44. The molecule has 118 valence electrons. The molecule has 0 saturated carbocycles. The zero-order valence-corrected chi connectivity index (χ0v) is 13.1. The van der Waals surface area contributed by atoms with Crippen LogP contribution in [0.4, 0.5) is 0 Å². The van der Waals surface area contributed by atoms with Gasteiger partial charge in [0.25, 0.3) is 0 Å². The van der Waals surface area contributed by atoms with Crippen molar-refractivity contribution in [2.75, 3.05) is 60.2 Å². The summed E-state index contributed by atoms with van der Waals surface area (Å²) in [6, 6.07) is 6.09. The number of hydrogen-bond acceptors (Lipinski definition) is 5. The van der Waals surface area contributed by atoms with E-state index in [1.165, 1.54) is 5.56 Å². The van der Waals surface area contributed by atoms with Gasteiger partial charge < -0.3 is 19.5 Å². The highest BCUT2D eigenvalue weighted by Crippen LogP contribution is 2.27. The van der Waals surface area contributed by atoms with Crippen molar-refractivity contribution in [2.45, 2.75) is 6.42 Å². The molecule has 0 aromatic heterocycles. The average Bonchev–Trinajstić information content (AvgIpc) is 2.55.